The Morgan fingerprint density at radius 2 is 2.15 bits per heavy atom. The number of para-hydroxylation sites is 2. The Kier molecular flexibility index (Phi) is 3.30. The summed E-state index contributed by atoms with van der Waals surface area (Å²) in [4.78, 5) is 12.2. The highest BCUT2D eigenvalue weighted by Crippen LogP contribution is 2.20. The van der Waals surface area contributed by atoms with Gasteiger partial charge in [0.15, 0.2) is 0 Å². The molecule has 0 saturated carbocycles. The van der Waals surface area contributed by atoms with E-state index in [0.29, 0.717) is 0 Å². The number of rotatable bonds is 3. The predicted molar refractivity (Wildman–Crippen MR) is 75.6 cm³/mol. The van der Waals surface area contributed by atoms with Crippen LogP contribution in [0.25, 0.3) is 5.69 Å². The highest BCUT2D eigenvalue weighted by atomic mass is 16.1. The number of anilines is 1. The smallest absolute Gasteiger partial charge is 0.251 e. The van der Waals surface area contributed by atoms with Crippen molar-refractivity contribution < 1.29 is 4.79 Å². The van der Waals surface area contributed by atoms with Crippen LogP contribution in [0.2, 0.25) is 0 Å². The molecule has 6 nitrogen and oxygen atoms in total. The highest BCUT2D eigenvalue weighted by Gasteiger charge is 2.17. The van der Waals surface area contributed by atoms with Crippen molar-refractivity contribution in [2.24, 2.45) is 0 Å². The van der Waals surface area contributed by atoms with E-state index in [4.69, 9.17) is 0 Å². The summed E-state index contributed by atoms with van der Waals surface area (Å²) in [6.07, 6.45) is 3.35. The fourth-order valence-corrected chi connectivity index (χ4v) is 2.01. The van der Waals surface area contributed by atoms with Crippen LogP contribution in [0, 0.1) is 0 Å². The summed E-state index contributed by atoms with van der Waals surface area (Å²) in [5.41, 5.74) is 3.44. The van der Waals surface area contributed by atoms with Crippen molar-refractivity contribution >= 4 is 11.6 Å². The van der Waals surface area contributed by atoms with E-state index in [1.807, 2.05) is 31.2 Å². The molecular formula is C14H15N5O. The maximum Gasteiger partial charge on any atom is 0.251 e. The fraction of sp³-hybridized carbons (Fsp3) is 0.214. The fourth-order valence-electron chi connectivity index (χ4n) is 2.01. The molecule has 20 heavy (non-hydrogen) atoms. The van der Waals surface area contributed by atoms with Gasteiger partial charge in [-0.25, -0.2) is 4.68 Å². The number of hydrogen-bond donors (Lipinski definition) is 2. The first-order chi connectivity index (χ1) is 9.75. The highest BCUT2D eigenvalue weighted by molar-refractivity contribution is 6.05. The molecule has 0 radical (unpaired) electrons. The number of hydrogen-bond acceptors (Lipinski definition) is 4. The van der Waals surface area contributed by atoms with E-state index >= 15 is 0 Å². The molecule has 0 bridgehead atoms. The van der Waals surface area contributed by atoms with E-state index in [1.165, 1.54) is 0 Å². The summed E-state index contributed by atoms with van der Waals surface area (Å²) in [5.74, 6) is -0.0749. The molecule has 0 aliphatic carbocycles. The SMILES string of the molecule is CC(C(=O)Nc1ccccc1-n1ccnn1)=C1CNC1. The zero-order chi connectivity index (χ0) is 13.9. The van der Waals surface area contributed by atoms with Crippen molar-refractivity contribution in [1.29, 1.82) is 0 Å². The summed E-state index contributed by atoms with van der Waals surface area (Å²) in [6, 6.07) is 7.51. The molecule has 1 aliphatic rings. The molecule has 0 atom stereocenters. The van der Waals surface area contributed by atoms with Crippen molar-refractivity contribution in [3.8, 4) is 5.69 Å². The van der Waals surface area contributed by atoms with Crippen molar-refractivity contribution in [3.05, 3.63) is 47.8 Å². The Balaban J connectivity index is 1.86. The second kappa shape index (κ2) is 5.26. The third-order valence-corrected chi connectivity index (χ3v) is 3.37. The lowest BCUT2D eigenvalue weighted by Gasteiger charge is -2.21. The van der Waals surface area contributed by atoms with Gasteiger partial charge in [-0.05, 0) is 24.6 Å². The number of carbonyl (C=O) groups is 1. The Hall–Kier alpha value is -2.47. The van der Waals surface area contributed by atoms with Gasteiger partial charge in [-0.3, -0.25) is 4.79 Å². The Morgan fingerprint density at radius 3 is 2.80 bits per heavy atom. The Labute approximate surface area is 116 Å². The van der Waals surface area contributed by atoms with Gasteiger partial charge >= 0.3 is 0 Å². The number of nitrogens with one attached hydrogen (secondary N) is 2. The molecule has 1 aromatic heterocycles. The Morgan fingerprint density at radius 1 is 1.35 bits per heavy atom. The molecular weight excluding hydrogens is 254 g/mol. The van der Waals surface area contributed by atoms with Gasteiger partial charge in [-0.15, -0.1) is 5.10 Å². The lowest BCUT2D eigenvalue weighted by molar-refractivity contribution is -0.112. The van der Waals surface area contributed by atoms with Gasteiger partial charge in [0.1, 0.15) is 0 Å². The first kappa shape index (κ1) is 12.6. The molecule has 1 fully saturated rings. The molecule has 3 rings (SSSR count). The monoisotopic (exact) mass is 269 g/mol. The van der Waals surface area contributed by atoms with Crippen LogP contribution in [-0.4, -0.2) is 34.0 Å². The van der Waals surface area contributed by atoms with Crippen LogP contribution in [0.1, 0.15) is 6.92 Å². The summed E-state index contributed by atoms with van der Waals surface area (Å²) in [6.45, 7) is 3.44. The van der Waals surface area contributed by atoms with Crippen molar-refractivity contribution in [2.45, 2.75) is 6.92 Å². The van der Waals surface area contributed by atoms with E-state index in [9.17, 15) is 4.79 Å². The maximum absolute atomic E-state index is 12.2. The summed E-state index contributed by atoms with van der Waals surface area (Å²) >= 11 is 0. The molecule has 1 saturated heterocycles. The first-order valence-electron chi connectivity index (χ1n) is 6.42. The van der Waals surface area contributed by atoms with Crippen molar-refractivity contribution in [3.63, 3.8) is 0 Å². The molecule has 2 N–H and O–H groups in total. The first-order valence-corrected chi connectivity index (χ1v) is 6.42. The average Bonchev–Trinajstić information content (AvgIpc) is 2.91. The summed E-state index contributed by atoms with van der Waals surface area (Å²) in [5, 5.41) is 13.8. The van der Waals surface area contributed by atoms with Crippen LogP contribution < -0.4 is 10.6 Å². The normalized spacial score (nSPS) is 13.8. The minimum atomic E-state index is -0.0749. The third-order valence-electron chi connectivity index (χ3n) is 3.37. The molecule has 6 heteroatoms. The molecule has 1 amide bonds. The lowest BCUT2D eigenvalue weighted by Crippen LogP contribution is -2.36. The van der Waals surface area contributed by atoms with Gasteiger partial charge in [0, 0.05) is 18.7 Å². The predicted octanol–water partition coefficient (Wildman–Crippen LogP) is 1.13. The van der Waals surface area contributed by atoms with Gasteiger partial charge in [0.05, 0.1) is 23.8 Å². The topological polar surface area (TPSA) is 71.8 Å². The van der Waals surface area contributed by atoms with Gasteiger partial charge in [-0.1, -0.05) is 17.3 Å². The second-order valence-corrected chi connectivity index (χ2v) is 4.65. The molecule has 2 aromatic rings. The molecule has 1 aromatic carbocycles. The van der Waals surface area contributed by atoms with Crippen molar-refractivity contribution in [2.75, 3.05) is 18.4 Å². The molecule has 2 heterocycles. The van der Waals surface area contributed by atoms with Crippen LogP contribution in [-0.2, 0) is 4.79 Å². The molecule has 102 valence electrons. The molecule has 0 unspecified atom stereocenters. The van der Waals surface area contributed by atoms with Gasteiger partial charge < -0.3 is 10.6 Å². The van der Waals surface area contributed by atoms with E-state index in [1.54, 1.807) is 17.1 Å². The zero-order valence-corrected chi connectivity index (χ0v) is 11.1. The van der Waals surface area contributed by atoms with E-state index in [2.05, 4.69) is 20.9 Å². The number of benzene rings is 1. The van der Waals surface area contributed by atoms with E-state index in [0.717, 1.165) is 35.6 Å². The van der Waals surface area contributed by atoms with Crippen LogP contribution in [0.4, 0.5) is 5.69 Å². The van der Waals surface area contributed by atoms with Gasteiger partial charge in [-0.2, -0.15) is 0 Å². The number of aromatic nitrogens is 3. The number of nitrogens with zero attached hydrogens (tertiary/aromatic N) is 3. The largest absolute Gasteiger partial charge is 0.320 e. The van der Waals surface area contributed by atoms with E-state index < -0.39 is 0 Å². The van der Waals surface area contributed by atoms with Crippen LogP contribution in [0.5, 0.6) is 0 Å². The molecule has 0 spiro atoms. The lowest BCUT2D eigenvalue weighted by atomic mass is 10.0. The molecule has 1 aliphatic heterocycles. The maximum atomic E-state index is 12.2. The third kappa shape index (κ3) is 2.33. The minimum absolute atomic E-state index is 0.0749. The second-order valence-electron chi connectivity index (χ2n) is 4.65. The van der Waals surface area contributed by atoms with Crippen LogP contribution >= 0.6 is 0 Å². The number of carbonyl (C=O) groups excluding carboxylic acids is 1. The average molecular weight is 269 g/mol. The quantitative estimate of drug-likeness (QED) is 0.819. The Bertz CT molecular complexity index is 654. The van der Waals surface area contributed by atoms with E-state index in [-0.39, 0.29) is 5.91 Å². The van der Waals surface area contributed by atoms with Crippen LogP contribution in [0.15, 0.2) is 47.8 Å². The summed E-state index contributed by atoms with van der Waals surface area (Å²) < 4.78 is 1.63. The van der Waals surface area contributed by atoms with Gasteiger partial charge in [0.2, 0.25) is 0 Å². The zero-order valence-electron chi connectivity index (χ0n) is 11.1. The van der Waals surface area contributed by atoms with Gasteiger partial charge in [0.25, 0.3) is 5.91 Å². The minimum Gasteiger partial charge on any atom is -0.320 e. The van der Waals surface area contributed by atoms with Crippen molar-refractivity contribution in [1.82, 2.24) is 20.3 Å². The number of amides is 1. The summed E-state index contributed by atoms with van der Waals surface area (Å²) in [7, 11) is 0. The van der Waals surface area contributed by atoms with Crippen LogP contribution in [0.3, 0.4) is 0 Å². The standard InChI is InChI=1S/C14H15N5O/c1-10(11-8-15-9-11)14(20)17-12-4-2-3-5-13(12)19-7-6-16-18-19/h2-7,15H,8-9H2,1H3,(H,17,20).